The highest BCUT2D eigenvalue weighted by atomic mass is 16.5. The zero-order valence-corrected chi connectivity index (χ0v) is 8.92. The van der Waals surface area contributed by atoms with E-state index in [0.717, 1.165) is 0 Å². The Labute approximate surface area is 86.0 Å². The maximum Gasteiger partial charge on any atom is 0.129 e. The van der Waals surface area contributed by atoms with Gasteiger partial charge >= 0.3 is 0 Å². The van der Waals surface area contributed by atoms with E-state index in [1.807, 2.05) is 26.0 Å². The summed E-state index contributed by atoms with van der Waals surface area (Å²) in [5, 5.41) is 10.0. The summed E-state index contributed by atoms with van der Waals surface area (Å²) in [7, 11) is 0. The second-order valence-corrected chi connectivity index (χ2v) is 3.73. The van der Waals surface area contributed by atoms with Crippen LogP contribution >= 0.6 is 0 Å². The molecule has 2 heteroatoms. The molecule has 1 aliphatic rings. The molecule has 0 spiro atoms. The highest BCUT2D eigenvalue weighted by Gasteiger charge is 2.27. The van der Waals surface area contributed by atoms with Gasteiger partial charge in [0.05, 0.1) is 13.2 Å². The fraction of sp³-hybridized carbons (Fsp3) is 0.667. The third-order valence-corrected chi connectivity index (χ3v) is 2.33. The van der Waals surface area contributed by atoms with Gasteiger partial charge in [-0.1, -0.05) is 24.0 Å². The molecule has 0 aliphatic carbocycles. The van der Waals surface area contributed by atoms with Crippen LogP contribution in [0.5, 0.6) is 0 Å². The predicted octanol–water partition coefficient (Wildman–Crippen LogP) is 1.74. The molecule has 0 radical (unpaired) electrons. The number of hydrogen-bond acceptors (Lipinski definition) is 2. The molecule has 1 saturated heterocycles. The summed E-state index contributed by atoms with van der Waals surface area (Å²) in [5.74, 6) is 6.22. The molecule has 1 unspecified atom stereocenters. The monoisotopic (exact) mass is 194 g/mol. The van der Waals surface area contributed by atoms with Gasteiger partial charge in [-0.2, -0.15) is 0 Å². The van der Waals surface area contributed by atoms with Crippen LogP contribution < -0.4 is 0 Å². The van der Waals surface area contributed by atoms with Crippen LogP contribution in [-0.2, 0) is 4.74 Å². The Bertz CT molecular complexity index is 251. The number of rotatable bonds is 1. The third kappa shape index (κ3) is 3.53. The van der Waals surface area contributed by atoms with Crippen LogP contribution in [-0.4, -0.2) is 23.9 Å². The first-order valence-electron chi connectivity index (χ1n) is 5.12. The summed E-state index contributed by atoms with van der Waals surface area (Å²) < 4.78 is 5.18. The topological polar surface area (TPSA) is 29.5 Å². The molecule has 78 valence electrons. The SMILES string of the molecule is C/C=C\C(C)C#CC1(O)CCOCC1. The number of allylic oxidation sites excluding steroid dienone is 2. The van der Waals surface area contributed by atoms with Gasteiger partial charge < -0.3 is 9.84 Å². The van der Waals surface area contributed by atoms with E-state index in [0.29, 0.717) is 26.1 Å². The third-order valence-electron chi connectivity index (χ3n) is 2.33. The fourth-order valence-electron chi connectivity index (χ4n) is 1.42. The molecular formula is C12H18O2. The number of aliphatic hydroxyl groups is 1. The van der Waals surface area contributed by atoms with Gasteiger partial charge in [0.15, 0.2) is 0 Å². The first-order valence-corrected chi connectivity index (χ1v) is 5.12. The van der Waals surface area contributed by atoms with E-state index in [-0.39, 0.29) is 5.92 Å². The molecule has 2 nitrogen and oxygen atoms in total. The Morgan fingerprint density at radius 2 is 2.07 bits per heavy atom. The van der Waals surface area contributed by atoms with Crippen LogP contribution in [0.4, 0.5) is 0 Å². The van der Waals surface area contributed by atoms with Crippen LogP contribution in [0.25, 0.3) is 0 Å². The summed E-state index contributed by atoms with van der Waals surface area (Å²) in [6, 6.07) is 0. The van der Waals surface area contributed by atoms with Crippen molar-refractivity contribution in [1.82, 2.24) is 0 Å². The van der Waals surface area contributed by atoms with Gasteiger partial charge in [0.2, 0.25) is 0 Å². The van der Waals surface area contributed by atoms with E-state index in [2.05, 4.69) is 11.8 Å². The minimum Gasteiger partial charge on any atom is -0.381 e. The second-order valence-electron chi connectivity index (χ2n) is 3.73. The lowest BCUT2D eigenvalue weighted by Crippen LogP contribution is -2.34. The highest BCUT2D eigenvalue weighted by Crippen LogP contribution is 2.19. The van der Waals surface area contributed by atoms with E-state index in [1.54, 1.807) is 0 Å². The molecule has 1 heterocycles. The Kier molecular flexibility index (Phi) is 4.19. The molecule has 0 aromatic rings. The van der Waals surface area contributed by atoms with Gasteiger partial charge in [0, 0.05) is 18.8 Å². The van der Waals surface area contributed by atoms with E-state index in [4.69, 9.17) is 4.74 Å². The van der Waals surface area contributed by atoms with Crippen molar-refractivity contribution < 1.29 is 9.84 Å². The van der Waals surface area contributed by atoms with E-state index >= 15 is 0 Å². The fourth-order valence-corrected chi connectivity index (χ4v) is 1.42. The van der Waals surface area contributed by atoms with Crippen LogP contribution in [0.15, 0.2) is 12.2 Å². The molecular weight excluding hydrogens is 176 g/mol. The van der Waals surface area contributed by atoms with Gasteiger partial charge in [-0.25, -0.2) is 0 Å². The maximum absolute atomic E-state index is 10.0. The predicted molar refractivity (Wildman–Crippen MR) is 56.8 cm³/mol. The van der Waals surface area contributed by atoms with Crippen LogP contribution in [0.2, 0.25) is 0 Å². The molecule has 0 bridgehead atoms. The zero-order valence-electron chi connectivity index (χ0n) is 8.92. The molecule has 0 aromatic carbocycles. The Balaban J connectivity index is 2.55. The van der Waals surface area contributed by atoms with Crippen molar-refractivity contribution in [1.29, 1.82) is 0 Å². The van der Waals surface area contributed by atoms with Crippen molar-refractivity contribution in [3.05, 3.63) is 12.2 Å². The lowest BCUT2D eigenvalue weighted by Gasteiger charge is -2.26. The first-order chi connectivity index (χ1) is 6.66. The van der Waals surface area contributed by atoms with Crippen LogP contribution in [0, 0.1) is 17.8 Å². The van der Waals surface area contributed by atoms with Crippen LogP contribution in [0.3, 0.4) is 0 Å². The molecule has 0 saturated carbocycles. The van der Waals surface area contributed by atoms with Crippen LogP contribution in [0.1, 0.15) is 26.7 Å². The molecule has 0 aromatic heterocycles. The summed E-state index contributed by atoms with van der Waals surface area (Å²) in [5.41, 5.74) is -0.811. The zero-order chi connectivity index (χ0) is 10.4. The van der Waals surface area contributed by atoms with Crippen molar-refractivity contribution in [2.24, 2.45) is 5.92 Å². The van der Waals surface area contributed by atoms with Gasteiger partial charge in [-0.3, -0.25) is 0 Å². The van der Waals surface area contributed by atoms with E-state index < -0.39 is 5.60 Å². The molecule has 1 N–H and O–H groups in total. The summed E-state index contributed by atoms with van der Waals surface area (Å²) in [6.45, 7) is 5.23. The minimum absolute atomic E-state index is 0.215. The smallest absolute Gasteiger partial charge is 0.129 e. The van der Waals surface area contributed by atoms with Crippen molar-refractivity contribution in [2.45, 2.75) is 32.3 Å². The molecule has 1 atom stereocenters. The van der Waals surface area contributed by atoms with E-state index in [9.17, 15) is 5.11 Å². The van der Waals surface area contributed by atoms with Gasteiger partial charge in [0.25, 0.3) is 0 Å². The largest absolute Gasteiger partial charge is 0.381 e. The maximum atomic E-state index is 10.0. The van der Waals surface area contributed by atoms with Crippen molar-refractivity contribution in [3.63, 3.8) is 0 Å². The Morgan fingerprint density at radius 3 is 2.64 bits per heavy atom. The quantitative estimate of drug-likeness (QED) is 0.509. The Hall–Kier alpha value is -0.780. The molecule has 14 heavy (non-hydrogen) atoms. The van der Waals surface area contributed by atoms with Crippen molar-refractivity contribution >= 4 is 0 Å². The molecule has 1 rings (SSSR count). The van der Waals surface area contributed by atoms with Gasteiger partial charge in [0.1, 0.15) is 5.60 Å². The first kappa shape index (κ1) is 11.3. The molecule has 0 amide bonds. The highest BCUT2D eigenvalue weighted by molar-refractivity contribution is 5.18. The summed E-state index contributed by atoms with van der Waals surface area (Å²) in [6.07, 6.45) is 5.26. The summed E-state index contributed by atoms with van der Waals surface area (Å²) in [4.78, 5) is 0. The van der Waals surface area contributed by atoms with Crippen molar-refractivity contribution in [2.75, 3.05) is 13.2 Å². The second kappa shape index (κ2) is 5.19. The average molecular weight is 194 g/mol. The number of hydrogen-bond donors (Lipinski definition) is 1. The Morgan fingerprint density at radius 1 is 1.43 bits per heavy atom. The standard InChI is InChI=1S/C12H18O2/c1-3-4-11(2)5-6-12(13)7-9-14-10-8-12/h3-4,11,13H,7-10H2,1-2H3/b4-3-. The molecule has 1 aliphatic heterocycles. The number of ether oxygens (including phenoxy) is 1. The van der Waals surface area contributed by atoms with E-state index in [1.165, 1.54) is 0 Å². The average Bonchev–Trinajstić information content (AvgIpc) is 2.17. The minimum atomic E-state index is -0.811. The normalized spacial score (nSPS) is 22.8. The lowest BCUT2D eigenvalue weighted by atomic mass is 9.94. The van der Waals surface area contributed by atoms with Crippen molar-refractivity contribution in [3.8, 4) is 11.8 Å². The molecule has 1 fully saturated rings. The lowest BCUT2D eigenvalue weighted by molar-refractivity contribution is -0.0262. The summed E-state index contributed by atoms with van der Waals surface area (Å²) >= 11 is 0. The van der Waals surface area contributed by atoms with Gasteiger partial charge in [-0.05, 0) is 13.8 Å². The van der Waals surface area contributed by atoms with Gasteiger partial charge in [-0.15, -0.1) is 0 Å².